The summed E-state index contributed by atoms with van der Waals surface area (Å²) in [6.45, 7) is 2.06. The summed E-state index contributed by atoms with van der Waals surface area (Å²) in [5.41, 5.74) is 2.38. The van der Waals surface area contributed by atoms with Crippen LogP contribution in [-0.2, 0) is 34.3 Å². The van der Waals surface area contributed by atoms with Gasteiger partial charge in [0.25, 0.3) is 0 Å². The van der Waals surface area contributed by atoms with Gasteiger partial charge in [0, 0.05) is 51.0 Å². The van der Waals surface area contributed by atoms with Crippen LogP contribution in [0.2, 0.25) is 5.02 Å². The van der Waals surface area contributed by atoms with Gasteiger partial charge in [0.05, 0.1) is 5.69 Å². The van der Waals surface area contributed by atoms with Gasteiger partial charge in [-0.3, -0.25) is 14.3 Å². The fourth-order valence-electron chi connectivity index (χ4n) is 4.52. The lowest BCUT2D eigenvalue weighted by molar-refractivity contribution is -0.142. The number of benzene rings is 2. The highest BCUT2D eigenvalue weighted by Gasteiger charge is 2.34. The Hall–Kier alpha value is -3.36. The molecular formula is C28H33ClN4O4. The molecule has 37 heavy (non-hydrogen) atoms. The second-order valence-electron chi connectivity index (χ2n) is 9.43. The van der Waals surface area contributed by atoms with Gasteiger partial charge in [-0.05, 0) is 66.6 Å². The summed E-state index contributed by atoms with van der Waals surface area (Å²) in [6, 6.07) is 15.1. The second kappa shape index (κ2) is 12.7. The van der Waals surface area contributed by atoms with Crippen LogP contribution in [0.15, 0.2) is 60.8 Å². The predicted molar refractivity (Wildman–Crippen MR) is 141 cm³/mol. The van der Waals surface area contributed by atoms with Crippen molar-refractivity contribution in [3.8, 4) is 5.75 Å². The lowest BCUT2D eigenvalue weighted by Gasteiger charge is -2.34. The number of amides is 2. The van der Waals surface area contributed by atoms with Gasteiger partial charge in [-0.15, -0.1) is 0 Å². The minimum Gasteiger partial charge on any atom is -0.508 e. The van der Waals surface area contributed by atoms with E-state index in [0.29, 0.717) is 43.4 Å². The number of hydrogen-bond donors (Lipinski definition) is 2. The van der Waals surface area contributed by atoms with Crippen molar-refractivity contribution in [1.82, 2.24) is 20.0 Å². The molecule has 1 fully saturated rings. The Kier molecular flexibility index (Phi) is 9.19. The third-order valence-corrected chi connectivity index (χ3v) is 6.89. The molecule has 3 aromatic rings. The van der Waals surface area contributed by atoms with Gasteiger partial charge in [0.1, 0.15) is 5.75 Å². The molecule has 4 rings (SSSR count). The standard InChI is InChI=1S/C28H33ClN4O4/c1-32-15-12-25(31-32)27(28(36)30-18-21-2-7-23(29)8-3-21)33(19-22-13-16-37-17-14-22)26(35)11-6-20-4-9-24(34)10-5-20/h2-5,7-10,12,15,22,27,34H,6,11,13-14,16-19H2,1H3,(H,30,36). The van der Waals surface area contributed by atoms with Crippen LogP contribution in [-0.4, -0.2) is 51.4 Å². The van der Waals surface area contributed by atoms with E-state index in [1.165, 1.54) is 0 Å². The summed E-state index contributed by atoms with van der Waals surface area (Å²) in [5.74, 6) is 0.0287. The van der Waals surface area contributed by atoms with E-state index in [1.54, 1.807) is 65.3 Å². The number of aromatic nitrogens is 2. The topological polar surface area (TPSA) is 96.7 Å². The molecule has 0 bridgehead atoms. The quantitative estimate of drug-likeness (QED) is 0.417. The number of aryl methyl sites for hydroxylation is 2. The van der Waals surface area contributed by atoms with E-state index < -0.39 is 6.04 Å². The van der Waals surface area contributed by atoms with E-state index >= 15 is 0 Å². The van der Waals surface area contributed by atoms with E-state index in [4.69, 9.17) is 16.3 Å². The van der Waals surface area contributed by atoms with Gasteiger partial charge in [0.15, 0.2) is 6.04 Å². The van der Waals surface area contributed by atoms with Crippen molar-refractivity contribution < 1.29 is 19.4 Å². The fraction of sp³-hybridized carbons (Fsp3) is 0.393. The maximum atomic E-state index is 13.7. The molecule has 1 saturated heterocycles. The Morgan fingerprint density at radius 1 is 1.11 bits per heavy atom. The van der Waals surface area contributed by atoms with Crippen LogP contribution in [0.5, 0.6) is 5.75 Å². The third kappa shape index (κ3) is 7.57. The molecular weight excluding hydrogens is 492 g/mol. The Morgan fingerprint density at radius 3 is 2.43 bits per heavy atom. The van der Waals surface area contributed by atoms with E-state index in [-0.39, 0.29) is 29.9 Å². The monoisotopic (exact) mass is 524 g/mol. The molecule has 0 radical (unpaired) electrons. The summed E-state index contributed by atoms with van der Waals surface area (Å²) in [5, 5.41) is 17.7. The summed E-state index contributed by atoms with van der Waals surface area (Å²) < 4.78 is 7.16. The van der Waals surface area contributed by atoms with Crippen LogP contribution in [0, 0.1) is 5.92 Å². The Labute approximate surface area is 222 Å². The second-order valence-corrected chi connectivity index (χ2v) is 9.87. The van der Waals surface area contributed by atoms with Gasteiger partial charge < -0.3 is 20.1 Å². The van der Waals surface area contributed by atoms with E-state index in [1.807, 2.05) is 12.1 Å². The molecule has 2 heterocycles. The number of hydrogen-bond acceptors (Lipinski definition) is 5. The zero-order valence-electron chi connectivity index (χ0n) is 21.0. The molecule has 1 aromatic heterocycles. The lowest BCUT2D eigenvalue weighted by Crippen LogP contribution is -2.46. The first-order valence-corrected chi connectivity index (χ1v) is 12.9. The molecule has 0 saturated carbocycles. The zero-order chi connectivity index (χ0) is 26.2. The molecule has 1 unspecified atom stereocenters. The summed E-state index contributed by atoms with van der Waals surface area (Å²) in [4.78, 5) is 29.1. The average Bonchev–Trinajstić information content (AvgIpc) is 3.33. The van der Waals surface area contributed by atoms with Crippen molar-refractivity contribution >= 4 is 23.4 Å². The van der Waals surface area contributed by atoms with Crippen LogP contribution in [0.4, 0.5) is 0 Å². The average molecular weight is 525 g/mol. The maximum absolute atomic E-state index is 13.7. The van der Waals surface area contributed by atoms with Crippen LogP contribution < -0.4 is 5.32 Å². The molecule has 0 aliphatic carbocycles. The maximum Gasteiger partial charge on any atom is 0.249 e. The Balaban J connectivity index is 1.56. The van der Waals surface area contributed by atoms with E-state index in [2.05, 4.69) is 10.4 Å². The third-order valence-electron chi connectivity index (χ3n) is 6.63. The predicted octanol–water partition coefficient (Wildman–Crippen LogP) is 4.02. The van der Waals surface area contributed by atoms with Crippen molar-refractivity contribution in [3.63, 3.8) is 0 Å². The highest BCUT2D eigenvalue weighted by atomic mass is 35.5. The molecule has 2 amide bonds. The number of halogens is 1. The van der Waals surface area contributed by atoms with Crippen molar-refractivity contribution in [3.05, 3.63) is 82.6 Å². The molecule has 1 aliphatic rings. The lowest BCUT2D eigenvalue weighted by atomic mass is 9.97. The molecule has 1 aliphatic heterocycles. The Morgan fingerprint density at radius 2 is 1.78 bits per heavy atom. The number of nitrogens with one attached hydrogen (secondary N) is 1. The summed E-state index contributed by atoms with van der Waals surface area (Å²) >= 11 is 5.99. The minimum absolute atomic E-state index is 0.114. The van der Waals surface area contributed by atoms with Gasteiger partial charge in [-0.1, -0.05) is 35.9 Å². The molecule has 2 aromatic carbocycles. The molecule has 2 N–H and O–H groups in total. The van der Waals surface area contributed by atoms with Crippen molar-refractivity contribution in [2.24, 2.45) is 13.0 Å². The number of phenols is 1. The van der Waals surface area contributed by atoms with Gasteiger partial charge >= 0.3 is 0 Å². The Bertz CT molecular complexity index is 1170. The largest absolute Gasteiger partial charge is 0.508 e. The number of aromatic hydroxyl groups is 1. The van der Waals surface area contributed by atoms with Gasteiger partial charge in [-0.2, -0.15) is 5.10 Å². The SMILES string of the molecule is Cn1ccc(C(C(=O)NCc2ccc(Cl)cc2)N(CC2CCOCC2)C(=O)CCc2ccc(O)cc2)n1. The van der Waals surface area contributed by atoms with Crippen LogP contribution >= 0.6 is 11.6 Å². The van der Waals surface area contributed by atoms with Crippen molar-refractivity contribution in [2.75, 3.05) is 19.8 Å². The van der Waals surface area contributed by atoms with Crippen molar-refractivity contribution in [1.29, 1.82) is 0 Å². The molecule has 0 spiro atoms. The smallest absolute Gasteiger partial charge is 0.249 e. The fourth-order valence-corrected chi connectivity index (χ4v) is 4.64. The number of nitrogens with zero attached hydrogens (tertiary/aromatic N) is 3. The molecule has 8 nitrogen and oxygen atoms in total. The molecule has 9 heteroatoms. The van der Waals surface area contributed by atoms with Crippen molar-refractivity contribution in [2.45, 2.75) is 38.3 Å². The molecule has 196 valence electrons. The summed E-state index contributed by atoms with van der Waals surface area (Å²) in [7, 11) is 1.79. The number of carbonyl (C=O) groups excluding carboxylic acids is 2. The first-order chi connectivity index (χ1) is 17.9. The summed E-state index contributed by atoms with van der Waals surface area (Å²) in [6.07, 6.45) is 4.20. The number of carbonyl (C=O) groups is 2. The van der Waals surface area contributed by atoms with Crippen LogP contribution in [0.25, 0.3) is 0 Å². The highest BCUT2D eigenvalue weighted by molar-refractivity contribution is 6.30. The minimum atomic E-state index is -0.858. The van der Waals surface area contributed by atoms with E-state index in [9.17, 15) is 14.7 Å². The van der Waals surface area contributed by atoms with Gasteiger partial charge in [-0.25, -0.2) is 0 Å². The van der Waals surface area contributed by atoms with E-state index in [0.717, 1.165) is 24.0 Å². The number of ether oxygens (including phenoxy) is 1. The molecule has 1 atom stereocenters. The number of phenolic OH excluding ortho intramolecular Hbond substituents is 1. The normalized spacial score (nSPS) is 14.8. The van der Waals surface area contributed by atoms with Gasteiger partial charge in [0.2, 0.25) is 11.8 Å². The first-order valence-electron chi connectivity index (χ1n) is 12.6. The zero-order valence-corrected chi connectivity index (χ0v) is 21.7. The number of rotatable bonds is 10. The van der Waals surface area contributed by atoms with Crippen LogP contribution in [0.3, 0.4) is 0 Å². The first kappa shape index (κ1) is 26.7. The van der Waals surface area contributed by atoms with Crippen LogP contribution in [0.1, 0.15) is 42.1 Å². The highest BCUT2D eigenvalue weighted by Crippen LogP contribution is 2.26.